The first kappa shape index (κ1) is 27.5. The van der Waals surface area contributed by atoms with Gasteiger partial charge >= 0.3 is 6.01 Å². The molecular weight excluding hydrogens is 562 g/mol. The molecule has 3 heterocycles. The Balaban J connectivity index is 1.27. The van der Waals surface area contributed by atoms with E-state index in [1.165, 1.54) is 4.90 Å². The van der Waals surface area contributed by atoms with Gasteiger partial charge in [-0.25, -0.2) is 8.78 Å². The van der Waals surface area contributed by atoms with Crippen LogP contribution in [0.2, 0.25) is 5.02 Å². The molecule has 2 saturated heterocycles. The molecule has 1 aromatic heterocycles. The van der Waals surface area contributed by atoms with E-state index in [-0.39, 0.29) is 37.5 Å². The Bertz CT molecular complexity index is 1530. The summed E-state index contributed by atoms with van der Waals surface area (Å²) < 4.78 is 37.4. The molecule has 11 heteroatoms. The van der Waals surface area contributed by atoms with E-state index in [1.54, 1.807) is 0 Å². The smallest absolute Gasteiger partial charge is 0.318 e. The van der Waals surface area contributed by atoms with Crippen LogP contribution < -0.4 is 9.64 Å². The largest absolute Gasteiger partial charge is 0.462 e. The number of fused-ring (bicyclic) bond motifs is 4. The summed E-state index contributed by atoms with van der Waals surface area (Å²) in [5.41, 5.74) is 0.827. The number of ether oxygens (including phenoxy) is 1. The van der Waals surface area contributed by atoms with Gasteiger partial charge in [0.15, 0.2) is 11.5 Å². The van der Waals surface area contributed by atoms with E-state index in [9.17, 15) is 14.4 Å². The zero-order valence-electron chi connectivity index (χ0n) is 23.6. The molecule has 3 aliphatic carbocycles. The van der Waals surface area contributed by atoms with Crippen LogP contribution in [0.4, 0.5) is 14.6 Å². The number of likely N-dealkylation sites (N-methyl/N-ethyl adjacent to an activating group) is 1. The fourth-order valence-corrected chi connectivity index (χ4v) is 8.52. The fraction of sp³-hybridized carbons (Fsp3) is 0.548. The second kappa shape index (κ2) is 9.88. The summed E-state index contributed by atoms with van der Waals surface area (Å²) >= 11 is 6.53. The van der Waals surface area contributed by atoms with Crippen molar-refractivity contribution < 1.29 is 18.3 Å². The van der Waals surface area contributed by atoms with Crippen LogP contribution in [0.25, 0.3) is 0 Å². The number of likely N-dealkylation sites (tertiary alicyclic amines) is 1. The molecule has 0 bridgehead atoms. The van der Waals surface area contributed by atoms with Crippen LogP contribution in [0.1, 0.15) is 48.1 Å². The number of alkyl halides is 1. The zero-order chi connectivity index (χ0) is 29.4. The summed E-state index contributed by atoms with van der Waals surface area (Å²) in [5.74, 6) is -1.54. The van der Waals surface area contributed by atoms with Gasteiger partial charge in [-0.2, -0.15) is 15.2 Å². The molecule has 42 heavy (non-hydrogen) atoms. The van der Waals surface area contributed by atoms with Crippen molar-refractivity contribution in [3.05, 3.63) is 58.0 Å². The summed E-state index contributed by atoms with van der Waals surface area (Å²) in [7, 11) is 2.07. The van der Waals surface area contributed by atoms with Crippen molar-refractivity contribution in [1.29, 1.82) is 5.26 Å². The van der Waals surface area contributed by atoms with Crippen molar-refractivity contribution in [3.8, 4) is 12.1 Å². The highest BCUT2D eigenvalue weighted by atomic mass is 35.5. The molecule has 2 aliphatic heterocycles. The lowest BCUT2D eigenvalue weighted by Crippen LogP contribution is -2.55. The van der Waals surface area contributed by atoms with Crippen LogP contribution in [-0.2, 0) is 28.7 Å². The molecule has 1 aromatic carbocycles. The monoisotopic (exact) mass is 594 g/mol. The minimum absolute atomic E-state index is 0.0238. The summed E-state index contributed by atoms with van der Waals surface area (Å²) in [4.78, 5) is 27.7. The highest BCUT2D eigenvalue weighted by Crippen LogP contribution is 2.80. The molecule has 1 saturated carbocycles. The molecule has 7 rings (SSSR count). The van der Waals surface area contributed by atoms with E-state index in [2.05, 4.69) is 24.6 Å². The highest BCUT2D eigenvalue weighted by molar-refractivity contribution is 6.31. The fourth-order valence-electron chi connectivity index (χ4n) is 8.27. The maximum absolute atomic E-state index is 17.5. The van der Waals surface area contributed by atoms with Gasteiger partial charge in [-0.1, -0.05) is 30.3 Å². The van der Waals surface area contributed by atoms with Crippen LogP contribution in [0.3, 0.4) is 0 Å². The second-order valence-corrected chi connectivity index (χ2v) is 12.7. The Morgan fingerprint density at radius 3 is 2.83 bits per heavy atom. The first-order valence-electron chi connectivity index (χ1n) is 14.7. The predicted octanol–water partition coefficient (Wildman–Crippen LogP) is 4.25. The normalized spacial score (nSPS) is 31.1. The topological polar surface area (TPSA) is 85.6 Å². The SMILES string of the molecule is C=C(F)C(=O)N1CCN(c2nc(OC[C@@H]3CCCN3C)nc3c2CC[C@@]24c5cccc(Cl)c5CC2[C@]34F)C[C@@H]1CC#N. The van der Waals surface area contributed by atoms with Gasteiger partial charge in [-0.3, -0.25) is 4.79 Å². The summed E-state index contributed by atoms with van der Waals surface area (Å²) in [6.45, 7) is 5.35. The zero-order valence-corrected chi connectivity index (χ0v) is 24.3. The van der Waals surface area contributed by atoms with E-state index in [1.807, 2.05) is 23.1 Å². The number of aromatic nitrogens is 2. The number of hydrogen-bond acceptors (Lipinski definition) is 7. The van der Waals surface area contributed by atoms with Crippen molar-refractivity contribution in [2.45, 2.75) is 61.7 Å². The number of anilines is 1. The number of nitriles is 1. The third-order valence-electron chi connectivity index (χ3n) is 10.4. The van der Waals surface area contributed by atoms with Crippen LogP contribution >= 0.6 is 11.6 Å². The van der Waals surface area contributed by atoms with Crippen molar-refractivity contribution >= 4 is 23.3 Å². The van der Waals surface area contributed by atoms with E-state index < -0.39 is 28.9 Å². The van der Waals surface area contributed by atoms with Gasteiger partial charge in [0.25, 0.3) is 5.91 Å². The van der Waals surface area contributed by atoms with Crippen LogP contribution in [-0.4, -0.2) is 77.6 Å². The molecule has 1 spiro atoms. The first-order chi connectivity index (χ1) is 20.2. The maximum Gasteiger partial charge on any atom is 0.318 e. The number of hydrogen-bond donors (Lipinski definition) is 0. The van der Waals surface area contributed by atoms with Gasteiger partial charge in [-0.05, 0) is 62.9 Å². The summed E-state index contributed by atoms with van der Waals surface area (Å²) in [6, 6.07) is 7.70. The molecule has 1 unspecified atom stereocenters. The number of piperazine rings is 1. The van der Waals surface area contributed by atoms with E-state index in [0.29, 0.717) is 48.9 Å². The van der Waals surface area contributed by atoms with Gasteiger partial charge in [0.1, 0.15) is 12.4 Å². The van der Waals surface area contributed by atoms with Gasteiger partial charge in [0.05, 0.1) is 24.2 Å². The van der Waals surface area contributed by atoms with Gasteiger partial charge < -0.3 is 19.4 Å². The van der Waals surface area contributed by atoms with Crippen molar-refractivity contribution in [3.63, 3.8) is 0 Å². The average molecular weight is 595 g/mol. The van der Waals surface area contributed by atoms with Crippen LogP contribution in [0, 0.1) is 17.2 Å². The van der Waals surface area contributed by atoms with Gasteiger partial charge in [-0.15, -0.1) is 0 Å². The molecular formula is C31H33ClF2N6O2. The molecule has 220 valence electrons. The molecule has 8 nitrogen and oxygen atoms in total. The van der Waals surface area contributed by atoms with E-state index >= 15 is 4.39 Å². The van der Waals surface area contributed by atoms with E-state index in [4.69, 9.17) is 26.3 Å². The number of nitrogens with zero attached hydrogens (tertiary/aromatic N) is 6. The summed E-state index contributed by atoms with van der Waals surface area (Å²) in [6.07, 6.45) is 3.87. The second-order valence-electron chi connectivity index (χ2n) is 12.3. The molecule has 1 amide bonds. The number of carbonyl (C=O) groups is 1. The molecule has 5 aliphatic rings. The Hall–Kier alpha value is -3.29. The van der Waals surface area contributed by atoms with Crippen molar-refractivity contribution in [1.82, 2.24) is 19.8 Å². The lowest BCUT2D eigenvalue weighted by atomic mass is 9.79. The van der Waals surface area contributed by atoms with Crippen molar-refractivity contribution in [2.75, 3.05) is 44.7 Å². The molecule has 3 fully saturated rings. The minimum atomic E-state index is -1.66. The number of carbonyl (C=O) groups excluding carboxylic acids is 1. The highest BCUT2D eigenvalue weighted by Gasteiger charge is 2.84. The lowest BCUT2D eigenvalue weighted by molar-refractivity contribution is -0.131. The predicted molar refractivity (Wildman–Crippen MR) is 153 cm³/mol. The number of benzene rings is 1. The summed E-state index contributed by atoms with van der Waals surface area (Å²) in [5, 5.41) is 10.2. The Labute approximate surface area is 248 Å². The molecule has 0 N–H and O–H groups in total. The Kier molecular flexibility index (Phi) is 6.48. The minimum Gasteiger partial charge on any atom is -0.462 e. The average Bonchev–Trinajstić information content (AvgIpc) is 3.22. The van der Waals surface area contributed by atoms with Crippen LogP contribution in [0.5, 0.6) is 6.01 Å². The standard InChI is InChI=1S/C31H33ClF2N6O2/c1-18(33)28(41)40-14-13-39(16-19(40)9-11-35)27-21-8-10-30-23-6-3-7-24(32)22(23)15-25(30)31(30,34)26(21)36-29(37-27)42-17-20-5-4-12-38(20)2/h3,6-7,19-20,25H,1,4-5,8-10,12-17H2,2H3/t19-,20-,25?,30+,31-/m0/s1. The van der Waals surface area contributed by atoms with Gasteiger partial charge in [0, 0.05) is 47.6 Å². The molecule has 0 radical (unpaired) electrons. The first-order valence-corrected chi connectivity index (χ1v) is 15.1. The molecule has 5 atom stereocenters. The third kappa shape index (κ3) is 3.82. The number of rotatable bonds is 6. The quantitative estimate of drug-likeness (QED) is 0.462. The number of halogens is 3. The third-order valence-corrected chi connectivity index (χ3v) is 10.8. The Morgan fingerprint density at radius 1 is 1.26 bits per heavy atom. The maximum atomic E-state index is 17.5. The van der Waals surface area contributed by atoms with E-state index in [0.717, 1.165) is 36.1 Å². The Morgan fingerprint density at radius 2 is 2.10 bits per heavy atom. The van der Waals surface area contributed by atoms with Gasteiger partial charge in [0.2, 0.25) is 0 Å². The number of amides is 1. The molecule has 2 aromatic rings. The van der Waals surface area contributed by atoms with Crippen LogP contribution in [0.15, 0.2) is 30.6 Å². The van der Waals surface area contributed by atoms with Crippen molar-refractivity contribution in [2.24, 2.45) is 5.92 Å². The lowest BCUT2D eigenvalue weighted by Gasteiger charge is -2.42.